The highest BCUT2D eigenvalue weighted by Crippen LogP contribution is 2.47. The van der Waals surface area contributed by atoms with Gasteiger partial charge >= 0.3 is 0 Å². The Bertz CT molecular complexity index is 542. The molecule has 2 aromatic rings. The molecule has 1 aliphatic carbocycles. The molecule has 1 nitrogen and oxygen atoms in total. The number of halogens is 1. The Labute approximate surface area is 127 Å². The third kappa shape index (κ3) is 2.73. The summed E-state index contributed by atoms with van der Waals surface area (Å²) >= 11 is 5.78. The van der Waals surface area contributed by atoms with Gasteiger partial charge in [-0.25, -0.2) is 4.98 Å². The highest BCUT2D eigenvalue weighted by Gasteiger charge is 2.38. The molecule has 1 saturated carbocycles. The molecule has 2 unspecified atom stereocenters. The molecule has 1 aromatic carbocycles. The number of para-hydroxylation sites is 1. The van der Waals surface area contributed by atoms with Gasteiger partial charge in [0.25, 0.3) is 0 Å². The van der Waals surface area contributed by atoms with Crippen molar-refractivity contribution >= 4 is 37.5 Å². The van der Waals surface area contributed by atoms with Crippen LogP contribution in [0, 0.1) is 11.3 Å². The Morgan fingerprint density at radius 1 is 1.42 bits per heavy atom. The zero-order valence-electron chi connectivity index (χ0n) is 11.5. The zero-order chi connectivity index (χ0) is 13.5. The maximum absolute atomic E-state index is 4.76. The van der Waals surface area contributed by atoms with Gasteiger partial charge in [0.05, 0.1) is 15.2 Å². The molecule has 0 aliphatic heterocycles. The lowest BCUT2D eigenvalue weighted by Crippen LogP contribution is -2.27. The smallest absolute Gasteiger partial charge is 0.0949 e. The van der Waals surface area contributed by atoms with Crippen molar-refractivity contribution in [2.45, 2.75) is 44.4 Å². The molecule has 1 heterocycles. The summed E-state index contributed by atoms with van der Waals surface area (Å²) < 4.78 is 1.31. The predicted octanol–water partition coefficient (Wildman–Crippen LogP) is 5.43. The number of rotatable bonds is 3. The van der Waals surface area contributed by atoms with Crippen LogP contribution in [0.1, 0.15) is 38.1 Å². The highest BCUT2D eigenvalue weighted by molar-refractivity contribution is 9.09. The average Bonchev–Trinajstić information content (AvgIpc) is 2.90. The molecule has 0 saturated heterocycles. The van der Waals surface area contributed by atoms with Crippen molar-refractivity contribution in [3.63, 3.8) is 0 Å². The summed E-state index contributed by atoms with van der Waals surface area (Å²) in [5.41, 5.74) is 1.62. The van der Waals surface area contributed by atoms with Gasteiger partial charge < -0.3 is 0 Å². The van der Waals surface area contributed by atoms with Gasteiger partial charge in [0.2, 0.25) is 0 Å². The van der Waals surface area contributed by atoms with Crippen LogP contribution < -0.4 is 0 Å². The molecular formula is C16H20BrNS. The number of hydrogen-bond donors (Lipinski definition) is 0. The topological polar surface area (TPSA) is 12.9 Å². The van der Waals surface area contributed by atoms with Crippen LogP contribution in [-0.2, 0) is 6.42 Å². The molecule has 1 fully saturated rings. The minimum atomic E-state index is 0.477. The fraction of sp³-hybridized carbons (Fsp3) is 0.562. The Morgan fingerprint density at radius 2 is 2.21 bits per heavy atom. The van der Waals surface area contributed by atoms with E-state index in [1.54, 1.807) is 0 Å². The van der Waals surface area contributed by atoms with E-state index in [9.17, 15) is 0 Å². The monoisotopic (exact) mass is 337 g/mol. The van der Waals surface area contributed by atoms with E-state index in [0.29, 0.717) is 10.2 Å². The van der Waals surface area contributed by atoms with E-state index >= 15 is 0 Å². The van der Waals surface area contributed by atoms with Crippen molar-refractivity contribution in [1.29, 1.82) is 0 Å². The second kappa shape index (κ2) is 5.17. The second-order valence-electron chi connectivity index (χ2n) is 6.28. The summed E-state index contributed by atoms with van der Waals surface area (Å²) in [4.78, 5) is 5.32. The largest absolute Gasteiger partial charge is 0.241 e. The minimum absolute atomic E-state index is 0.477. The second-order valence-corrected chi connectivity index (χ2v) is 8.57. The molecule has 1 aliphatic rings. The summed E-state index contributed by atoms with van der Waals surface area (Å²) in [7, 11) is 0. The standard InChI is InChI=1S/C16H20BrNS/c1-16(2)9-5-6-11(16)12(17)10-15-18-13-7-3-4-8-14(13)19-15/h3-4,7-8,11-12H,5-6,9-10H2,1-2H3. The molecule has 0 amide bonds. The summed E-state index contributed by atoms with van der Waals surface area (Å²) in [6.07, 6.45) is 5.15. The van der Waals surface area contributed by atoms with Crippen LogP contribution in [0.25, 0.3) is 10.2 Å². The fourth-order valence-electron chi connectivity index (χ4n) is 3.34. The number of benzene rings is 1. The molecular weight excluding hydrogens is 318 g/mol. The van der Waals surface area contributed by atoms with E-state index in [-0.39, 0.29) is 0 Å². The number of nitrogens with zero attached hydrogens (tertiary/aromatic N) is 1. The Kier molecular flexibility index (Phi) is 3.69. The molecule has 2 atom stereocenters. The molecule has 1 aromatic heterocycles. The van der Waals surface area contributed by atoms with Gasteiger partial charge in [-0.2, -0.15) is 0 Å². The summed E-state index contributed by atoms with van der Waals surface area (Å²) in [5.74, 6) is 0.777. The maximum Gasteiger partial charge on any atom is 0.0949 e. The third-order valence-corrected chi connectivity index (χ3v) is 6.51. The van der Waals surface area contributed by atoms with Gasteiger partial charge in [0.1, 0.15) is 0 Å². The molecule has 102 valence electrons. The highest BCUT2D eigenvalue weighted by atomic mass is 79.9. The van der Waals surface area contributed by atoms with Gasteiger partial charge in [-0.05, 0) is 36.3 Å². The van der Waals surface area contributed by atoms with Crippen molar-refractivity contribution < 1.29 is 0 Å². The van der Waals surface area contributed by atoms with Crippen LogP contribution >= 0.6 is 27.3 Å². The van der Waals surface area contributed by atoms with Gasteiger partial charge in [-0.15, -0.1) is 11.3 Å². The van der Waals surface area contributed by atoms with E-state index in [2.05, 4.69) is 54.0 Å². The van der Waals surface area contributed by atoms with Crippen LogP contribution in [0.15, 0.2) is 24.3 Å². The van der Waals surface area contributed by atoms with E-state index in [4.69, 9.17) is 4.98 Å². The molecule has 0 bridgehead atoms. The van der Waals surface area contributed by atoms with Gasteiger partial charge in [-0.3, -0.25) is 0 Å². The van der Waals surface area contributed by atoms with E-state index in [1.165, 1.54) is 29.0 Å². The van der Waals surface area contributed by atoms with Crippen LogP contribution in [0.2, 0.25) is 0 Å². The van der Waals surface area contributed by atoms with E-state index in [0.717, 1.165) is 17.9 Å². The Morgan fingerprint density at radius 3 is 2.89 bits per heavy atom. The molecule has 19 heavy (non-hydrogen) atoms. The van der Waals surface area contributed by atoms with E-state index < -0.39 is 0 Å². The minimum Gasteiger partial charge on any atom is -0.241 e. The Balaban J connectivity index is 1.77. The number of alkyl halides is 1. The normalized spacial score (nSPS) is 23.8. The zero-order valence-corrected chi connectivity index (χ0v) is 13.9. The van der Waals surface area contributed by atoms with Crippen molar-refractivity contribution in [3.8, 4) is 0 Å². The first-order valence-corrected chi connectivity index (χ1v) is 8.78. The number of hydrogen-bond acceptors (Lipinski definition) is 2. The van der Waals surface area contributed by atoms with Crippen LogP contribution in [0.5, 0.6) is 0 Å². The Hall–Kier alpha value is -0.410. The van der Waals surface area contributed by atoms with Gasteiger partial charge in [-0.1, -0.05) is 48.3 Å². The lowest BCUT2D eigenvalue weighted by atomic mass is 9.79. The maximum atomic E-state index is 4.76. The predicted molar refractivity (Wildman–Crippen MR) is 87.2 cm³/mol. The van der Waals surface area contributed by atoms with Gasteiger partial charge in [0, 0.05) is 11.2 Å². The molecule has 3 heteroatoms. The lowest BCUT2D eigenvalue weighted by Gasteiger charge is -2.30. The van der Waals surface area contributed by atoms with Crippen molar-refractivity contribution in [2.75, 3.05) is 0 Å². The first-order valence-electron chi connectivity index (χ1n) is 7.05. The quantitative estimate of drug-likeness (QED) is 0.680. The SMILES string of the molecule is CC1(C)CCCC1C(Br)Cc1nc2ccccc2s1. The summed E-state index contributed by atoms with van der Waals surface area (Å²) in [6.45, 7) is 4.83. The van der Waals surface area contributed by atoms with Crippen LogP contribution in [0.4, 0.5) is 0 Å². The van der Waals surface area contributed by atoms with Crippen molar-refractivity contribution in [3.05, 3.63) is 29.3 Å². The van der Waals surface area contributed by atoms with E-state index in [1.807, 2.05) is 11.3 Å². The lowest BCUT2D eigenvalue weighted by molar-refractivity contribution is 0.255. The molecule has 0 spiro atoms. The van der Waals surface area contributed by atoms with Gasteiger partial charge in [0.15, 0.2) is 0 Å². The molecule has 3 rings (SSSR count). The first-order chi connectivity index (χ1) is 9.06. The third-order valence-electron chi connectivity index (χ3n) is 4.48. The number of aromatic nitrogens is 1. The first kappa shape index (κ1) is 13.6. The van der Waals surface area contributed by atoms with Crippen molar-refractivity contribution in [2.24, 2.45) is 11.3 Å². The van der Waals surface area contributed by atoms with Crippen LogP contribution in [0.3, 0.4) is 0 Å². The number of fused-ring (bicyclic) bond motifs is 1. The van der Waals surface area contributed by atoms with Crippen molar-refractivity contribution in [1.82, 2.24) is 4.98 Å². The summed E-state index contributed by atoms with van der Waals surface area (Å²) in [6, 6.07) is 8.44. The number of thiazole rings is 1. The summed E-state index contributed by atoms with van der Waals surface area (Å²) in [5, 5.41) is 1.27. The molecule has 0 N–H and O–H groups in total. The molecule has 0 radical (unpaired) electrons. The average molecular weight is 338 g/mol. The fourth-order valence-corrected chi connectivity index (χ4v) is 5.87. The van der Waals surface area contributed by atoms with Crippen LogP contribution in [-0.4, -0.2) is 9.81 Å².